The van der Waals surface area contributed by atoms with E-state index in [-0.39, 0.29) is 11.8 Å². The molecule has 1 atom stereocenters. The summed E-state index contributed by atoms with van der Waals surface area (Å²) < 4.78 is 1.92. The van der Waals surface area contributed by atoms with Gasteiger partial charge in [-0.05, 0) is 47.2 Å². The number of phenols is 1. The molecular formula is C21H26N6O. The maximum Gasteiger partial charge on any atom is 0.173 e. The van der Waals surface area contributed by atoms with Gasteiger partial charge in [-0.25, -0.2) is 4.68 Å². The first-order chi connectivity index (χ1) is 13.7. The number of aromatic nitrogens is 4. The molecule has 1 N–H and O–H groups in total. The Balaban J connectivity index is 1.61. The predicted octanol–water partition coefficient (Wildman–Crippen LogP) is 1.96. The molecule has 0 bridgehead atoms. The van der Waals surface area contributed by atoms with Crippen molar-refractivity contribution in [1.29, 1.82) is 0 Å². The molecule has 3 aromatic rings. The number of aromatic hydroxyl groups is 1. The molecule has 1 saturated heterocycles. The number of tetrazole rings is 1. The molecule has 0 aliphatic carbocycles. The van der Waals surface area contributed by atoms with Gasteiger partial charge in [0, 0.05) is 32.7 Å². The zero-order chi connectivity index (χ0) is 19.3. The van der Waals surface area contributed by atoms with E-state index in [1.807, 2.05) is 22.9 Å². The van der Waals surface area contributed by atoms with Crippen molar-refractivity contribution in [3.63, 3.8) is 0 Å². The van der Waals surface area contributed by atoms with Gasteiger partial charge in [-0.1, -0.05) is 42.5 Å². The van der Waals surface area contributed by atoms with Crippen molar-refractivity contribution in [2.45, 2.75) is 19.0 Å². The molecule has 1 aliphatic heterocycles. The summed E-state index contributed by atoms with van der Waals surface area (Å²) in [6.07, 6.45) is 0.879. The van der Waals surface area contributed by atoms with Crippen LogP contribution in [0.1, 0.15) is 23.0 Å². The first-order valence-corrected chi connectivity index (χ1v) is 9.72. The highest BCUT2D eigenvalue weighted by Gasteiger charge is 2.29. The highest BCUT2D eigenvalue weighted by Crippen LogP contribution is 2.29. The Kier molecular flexibility index (Phi) is 5.64. The second-order valence-corrected chi connectivity index (χ2v) is 7.33. The third kappa shape index (κ3) is 4.21. The van der Waals surface area contributed by atoms with Gasteiger partial charge in [-0.15, -0.1) is 5.10 Å². The maximum atomic E-state index is 9.71. The van der Waals surface area contributed by atoms with Crippen LogP contribution in [0.25, 0.3) is 0 Å². The minimum Gasteiger partial charge on any atom is -0.508 e. The number of rotatable bonds is 6. The van der Waals surface area contributed by atoms with Gasteiger partial charge in [0.25, 0.3) is 0 Å². The van der Waals surface area contributed by atoms with Gasteiger partial charge in [0.15, 0.2) is 5.82 Å². The smallest absolute Gasteiger partial charge is 0.173 e. The SMILES string of the molecule is CN1CCN([C@H](c2ccc(O)cc2)c2nnnn2CCc2ccccc2)CC1. The fourth-order valence-electron chi connectivity index (χ4n) is 3.71. The van der Waals surface area contributed by atoms with E-state index in [1.54, 1.807) is 12.1 Å². The third-order valence-electron chi connectivity index (χ3n) is 5.37. The number of phenolic OH excluding ortho intramolecular Hbond substituents is 1. The zero-order valence-corrected chi connectivity index (χ0v) is 16.1. The molecule has 0 saturated carbocycles. The van der Waals surface area contributed by atoms with Crippen molar-refractivity contribution in [3.8, 4) is 5.75 Å². The van der Waals surface area contributed by atoms with E-state index < -0.39 is 0 Å². The van der Waals surface area contributed by atoms with E-state index in [1.165, 1.54) is 5.56 Å². The quantitative estimate of drug-likeness (QED) is 0.707. The standard InChI is InChI=1S/C21H26N6O/c1-25-13-15-26(16-14-25)20(18-7-9-19(28)10-8-18)21-22-23-24-27(21)12-11-17-5-3-2-4-6-17/h2-10,20,28H,11-16H2,1H3/t20-/m1/s1. The summed E-state index contributed by atoms with van der Waals surface area (Å²) >= 11 is 0. The van der Waals surface area contributed by atoms with Crippen LogP contribution >= 0.6 is 0 Å². The minimum atomic E-state index is -0.0277. The van der Waals surface area contributed by atoms with Gasteiger partial charge in [-0.3, -0.25) is 4.90 Å². The average Bonchev–Trinajstić information content (AvgIpc) is 3.18. The number of piperazine rings is 1. The fourth-order valence-corrected chi connectivity index (χ4v) is 3.71. The fraction of sp³-hybridized carbons (Fsp3) is 0.381. The van der Waals surface area contributed by atoms with Gasteiger partial charge in [0.2, 0.25) is 0 Å². The first kappa shape index (κ1) is 18.6. The van der Waals surface area contributed by atoms with E-state index in [9.17, 15) is 5.11 Å². The number of likely N-dealkylation sites (N-methyl/N-ethyl adjacent to an activating group) is 1. The second-order valence-electron chi connectivity index (χ2n) is 7.33. The molecule has 0 spiro atoms. The van der Waals surface area contributed by atoms with Gasteiger partial charge in [0.1, 0.15) is 5.75 Å². The molecule has 2 heterocycles. The van der Waals surface area contributed by atoms with Gasteiger partial charge in [0.05, 0.1) is 6.04 Å². The van der Waals surface area contributed by atoms with Crippen molar-refractivity contribution in [2.24, 2.45) is 0 Å². The van der Waals surface area contributed by atoms with Crippen LogP contribution in [0.2, 0.25) is 0 Å². The molecule has 1 aliphatic rings. The first-order valence-electron chi connectivity index (χ1n) is 9.72. The van der Waals surface area contributed by atoms with Crippen LogP contribution in [0.4, 0.5) is 0 Å². The van der Waals surface area contributed by atoms with Crippen LogP contribution in [0.15, 0.2) is 54.6 Å². The number of hydrogen-bond donors (Lipinski definition) is 1. The summed E-state index contributed by atoms with van der Waals surface area (Å²) in [5.74, 6) is 1.12. The van der Waals surface area contributed by atoms with Crippen molar-refractivity contribution < 1.29 is 5.11 Å². The number of benzene rings is 2. The monoisotopic (exact) mass is 378 g/mol. The summed E-state index contributed by atoms with van der Waals surface area (Å²) in [4.78, 5) is 4.76. The average molecular weight is 378 g/mol. The maximum absolute atomic E-state index is 9.71. The summed E-state index contributed by atoms with van der Waals surface area (Å²) in [6.45, 7) is 4.66. The minimum absolute atomic E-state index is 0.0277. The second kappa shape index (κ2) is 8.50. The summed E-state index contributed by atoms with van der Waals surface area (Å²) in [6, 6.07) is 17.8. The van der Waals surface area contributed by atoms with Crippen LogP contribution in [-0.2, 0) is 13.0 Å². The lowest BCUT2D eigenvalue weighted by atomic mass is 10.0. The third-order valence-corrected chi connectivity index (χ3v) is 5.37. The van der Waals surface area contributed by atoms with Crippen LogP contribution in [0.5, 0.6) is 5.75 Å². The summed E-state index contributed by atoms with van der Waals surface area (Å²) in [5, 5.41) is 22.4. The molecule has 4 rings (SSSR count). The van der Waals surface area contributed by atoms with Crippen LogP contribution in [0, 0.1) is 0 Å². The molecule has 0 unspecified atom stereocenters. The van der Waals surface area contributed by atoms with Crippen molar-refractivity contribution in [2.75, 3.05) is 33.2 Å². The van der Waals surface area contributed by atoms with E-state index in [4.69, 9.17) is 0 Å². The van der Waals surface area contributed by atoms with E-state index in [2.05, 4.69) is 56.6 Å². The lowest BCUT2D eigenvalue weighted by Gasteiger charge is -2.37. The Morgan fingerprint density at radius 2 is 1.68 bits per heavy atom. The molecule has 146 valence electrons. The van der Waals surface area contributed by atoms with Gasteiger partial charge >= 0.3 is 0 Å². The summed E-state index contributed by atoms with van der Waals surface area (Å²) in [7, 11) is 2.15. The predicted molar refractivity (Wildman–Crippen MR) is 107 cm³/mol. The Hall–Kier alpha value is -2.77. The zero-order valence-electron chi connectivity index (χ0n) is 16.1. The molecule has 1 aromatic heterocycles. The highest BCUT2D eigenvalue weighted by molar-refractivity contribution is 5.31. The molecule has 28 heavy (non-hydrogen) atoms. The van der Waals surface area contributed by atoms with Crippen molar-refractivity contribution in [3.05, 3.63) is 71.5 Å². The molecule has 7 nitrogen and oxygen atoms in total. The Labute approximate surface area is 165 Å². The van der Waals surface area contributed by atoms with E-state index >= 15 is 0 Å². The molecule has 0 radical (unpaired) electrons. The Bertz CT molecular complexity index is 871. The Morgan fingerprint density at radius 1 is 0.964 bits per heavy atom. The van der Waals surface area contributed by atoms with Crippen LogP contribution in [-0.4, -0.2) is 68.3 Å². The molecular weight excluding hydrogens is 352 g/mol. The number of nitrogens with zero attached hydrogens (tertiary/aromatic N) is 6. The van der Waals surface area contributed by atoms with E-state index in [0.717, 1.165) is 50.5 Å². The van der Waals surface area contributed by atoms with Gasteiger partial charge in [-0.2, -0.15) is 0 Å². The lowest BCUT2D eigenvalue weighted by Crippen LogP contribution is -2.46. The Morgan fingerprint density at radius 3 is 2.39 bits per heavy atom. The van der Waals surface area contributed by atoms with Crippen molar-refractivity contribution in [1.82, 2.24) is 30.0 Å². The largest absolute Gasteiger partial charge is 0.508 e. The molecule has 7 heteroatoms. The normalized spacial score (nSPS) is 16.9. The number of aryl methyl sites for hydroxylation is 2. The summed E-state index contributed by atoms with van der Waals surface area (Å²) in [5.41, 5.74) is 2.36. The molecule has 2 aromatic carbocycles. The molecule has 0 amide bonds. The van der Waals surface area contributed by atoms with Crippen molar-refractivity contribution >= 4 is 0 Å². The highest BCUT2D eigenvalue weighted by atomic mass is 16.3. The number of hydrogen-bond acceptors (Lipinski definition) is 6. The molecule has 1 fully saturated rings. The topological polar surface area (TPSA) is 70.3 Å². The van der Waals surface area contributed by atoms with E-state index in [0.29, 0.717) is 0 Å². The lowest BCUT2D eigenvalue weighted by molar-refractivity contribution is 0.121. The van der Waals surface area contributed by atoms with Gasteiger partial charge < -0.3 is 10.0 Å². The van der Waals surface area contributed by atoms with Crippen LogP contribution < -0.4 is 0 Å². The van der Waals surface area contributed by atoms with Crippen LogP contribution in [0.3, 0.4) is 0 Å².